The van der Waals surface area contributed by atoms with Gasteiger partial charge in [-0.2, -0.15) is 0 Å². The molecule has 170 valence electrons. The molecule has 0 unspecified atom stereocenters. The van der Waals surface area contributed by atoms with Crippen molar-refractivity contribution in [2.24, 2.45) is 5.92 Å². The Balaban J connectivity index is 1.41. The molecule has 4 rings (SSSR count). The van der Waals surface area contributed by atoms with Gasteiger partial charge in [0, 0.05) is 18.9 Å². The summed E-state index contributed by atoms with van der Waals surface area (Å²) < 4.78 is 8.42. The predicted octanol–water partition coefficient (Wildman–Crippen LogP) is 5.48. The topological polar surface area (TPSA) is 56.1 Å². The normalized spacial score (nSPS) is 14.7. The number of imidazole rings is 1. The molecule has 0 bridgehead atoms. The van der Waals surface area contributed by atoms with E-state index in [0.29, 0.717) is 19.1 Å². The van der Waals surface area contributed by atoms with Crippen LogP contribution in [0.5, 0.6) is 5.75 Å². The lowest BCUT2D eigenvalue weighted by Crippen LogP contribution is -2.33. The first kappa shape index (κ1) is 22.4. The zero-order valence-corrected chi connectivity index (χ0v) is 19.3. The highest BCUT2D eigenvalue weighted by Crippen LogP contribution is 2.26. The highest BCUT2D eigenvalue weighted by molar-refractivity contribution is 5.78. The number of fused-ring (bicyclic) bond motifs is 1. The van der Waals surface area contributed by atoms with Gasteiger partial charge in [0.05, 0.1) is 17.6 Å². The molecule has 1 heterocycles. The van der Waals surface area contributed by atoms with Gasteiger partial charge < -0.3 is 14.6 Å². The molecule has 2 aromatic carbocycles. The largest absolute Gasteiger partial charge is 0.491 e. The Bertz CT molecular complexity index is 1030. The van der Waals surface area contributed by atoms with Crippen molar-refractivity contribution >= 4 is 16.9 Å². The lowest BCUT2D eigenvalue weighted by atomic mass is 9.89. The number of nitrogens with one attached hydrogen (secondary N) is 1. The summed E-state index contributed by atoms with van der Waals surface area (Å²) in [5.74, 6) is 2.77. The maximum Gasteiger partial charge on any atom is 0.223 e. The number of nitrogens with zero attached hydrogens (tertiary/aromatic N) is 2. The van der Waals surface area contributed by atoms with Crippen molar-refractivity contribution in [1.82, 2.24) is 14.9 Å². The number of rotatable bonds is 9. The number of aromatic nitrogens is 2. The summed E-state index contributed by atoms with van der Waals surface area (Å²) in [6, 6.07) is 16.5. The number of hydrogen-bond acceptors (Lipinski definition) is 3. The van der Waals surface area contributed by atoms with E-state index < -0.39 is 0 Å². The first-order valence-corrected chi connectivity index (χ1v) is 12.1. The smallest absolute Gasteiger partial charge is 0.223 e. The minimum Gasteiger partial charge on any atom is -0.491 e. The monoisotopic (exact) mass is 433 g/mol. The standard InChI is InChI=1S/C27H35N3O2/c1-20(2)22-12-6-9-15-25(22)32-19-18-30-24-14-8-7-13-23(24)29-26(30)16-17-28-27(31)21-10-4-3-5-11-21/h6-9,12-15,20-21H,3-5,10-11,16-19H2,1-2H3,(H,28,31). The van der Waals surface area contributed by atoms with E-state index in [9.17, 15) is 4.79 Å². The molecule has 1 aliphatic carbocycles. The fourth-order valence-corrected chi connectivity index (χ4v) is 4.71. The van der Waals surface area contributed by atoms with Gasteiger partial charge in [-0.3, -0.25) is 4.79 Å². The van der Waals surface area contributed by atoms with Crippen LogP contribution in [0.1, 0.15) is 63.3 Å². The van der Waals surface area contributed by atoms with Gasteiger partial charge in [-0.15, -0.1) is 0 Å². The number of carbonyl (C=O) groups excluding carboxylic acids is 1. The fourth-order valence-electron chi connectivity index (χ4n) is 4.71. The molecule has 0 spiro atoms. The third-order valence-corrected chi connectivity index (χ3v) is 6.47. The van der Waals surface area contributed by atoms with Gasteiger partial charge in [-0.25, -0.2) is 4.98 Å². The number of para-hydroxylation sites is 3. The van der Waals surface area contributed by atoms with Crippen LogP contribution in [-0.2, 0) is 17.8 Å². The van der Waals surface area contributed by atoms with Gasteiger partial charge in [0.1, 0.15) is 18.2 Å². The van der Waals surface area contributed by atoms with Crippen LogP contribution in [0, 0.1) is 5.92 Å². The lowest BCUT2D eigenvalue weighted by molar-refractivity contribution is -0.125. The zero-order valence-electron chi connectivity index (χ0n) is 19.3. The summed E-state index contributed by atoms with van der Waals surface area (Å²) in [6.45, 7) is 6.29. The molecule has 0 radical (unpaired) electrons. The molecule has 3 aromatic rings. The van der Waals surface area contributed by atoms with Crippen LogP contribution in [0.15, 0.2) is 48.5 Å². The van der Waals surface area contributed by atoms with E-state index in [2.05, 4.69) is 41.9 Å². The lowest BCUT2D eigenvalue weighted by Gasteiger charge is -2.20. The van der Waals surface area contributed by atoms with Crippen LogP contribution in [0.3, 0.4) is 0 Å². The Labute approximate surface area is 191 Å². The molecule has 5 nitrogen and oxygen atoms in total. The highest BCUT2D eigenvalue weighted by Gasteiger charge is 2.21. The van der Waals surface area contributed by atoms with Crippen LogP contribution in [0.2, 0.25) is 0 Å². The summed E-state index contributed by atoms with van der Waals surface area (Å²) >= 11 is 0. The van der Waals surface area contributed by atoms with Crippen LogP contribution < -0.4 is 10.1 Å². The molecule has 1 amide bonds. The number of benzene rings is 2. The van der Waals surface area contributed by atoms with Crippen molar-refractivity contribution in [3.8, 4) is 5.75 Å². The molecule has 0 saturated heterocycles. The van der Waals surface area contributed by atoms with E-state index in [-0.39, 0.29) is 11.8 Å². The van der Waals surface area contributed by atoms with E-state index >= 15 is 0 Å². The second kappa shape index (κ2) is 10.7. The second-order valence-electron chi connectivity index (χ2n) is 9.09. The molecule has 5 heteroatoms. The van der Waals surface area contributed by atoms with Crippen LogP contribution in [0.4, 0.5) is 0 Å². The van der Waals surface area contributed by atoms with Crippen molar-refractivity contribution in [2.75, 3.05) is 13.2 Å². The number of ether oxygens (including phenoxy) is 1. The molecular weight excluding hydrogens is 398 g/mol. The summed E-state index contributed by atoms with van der Waals surface area (Å²) in [6.07, 6.45) is 6.38. The van der Waals surface area contributed by atoms with E-state index in [1.807, 2.05) is 30.3 Å². The van der Waals surface area contributed by atoms with E-state index in [1.54, 1.807) is 0 Å². The van der Waals surface area contributed by atoms with Gasteiger partial charge in [-0.05, 0) is 42.5 Å². The molecule has 1 aliphatic rings. The van der Waals surface area contributed by atoms with Crippen molar-refractivity contribution in [3.05, 3.63) is 59.9 Å². The summed E-state index contributed by atoms with van der Waals surface area (Å²) in [5, 5.41) is 3.15. The second-order valence-corrected chi connectivity index (χ2v) is 9.09. The average molecular weight is 434 g/mol. The van der Waals surface area contributed by atoms with Gasteiger partial charge in [-0.1, -0.05) is 63.4 Å². The van der Waals surface area contributed by atoms with Crippen molar-refractivity contribution in [2.45, 2.75) is 64.8 Å². The Kier molecular flexibility index (Phi) is 7.46. The average Bonchev–Trinajstić information content (AvgIpc) is 3.17. The molecular formula is C27H35N3O2. The maximum absolute atomic E-state index is 12.5. The molecule has 1 fully saturated rings. The Morgan fingerprint density at radius 1 is 1.09 bits per heavy atom. The van der Waals surface area contributed by atoms with Crippen LogP contribution in [-0.4, -0.2) is 28.6 Å². The molecule has 0 aliphatic heterocycles. The maximum atomic E-state index is 12.5. The third kappa shape index (κ3) is 5.32. The first-order chi connectivity index (χ1) is 15.6. The molecule has 32 heavy (non-hydrogen) atoms. The Hall–Kier alpha value is -2.82. The fraction of sp³-hybridized carbons (Fsp3) is 0.481. The first-order valence-electron chi connectivity index (χ1n) is 12.1. The molecule has 1 N–H and O–H groups in total. The Morgan fingerprint density at radius 3 is 2.66 bits per heavy atom. The quantitative estimate of drug-likeness (QED) is 0.486. The van der Waals surface area contributed by atoms with E-state index in [0.717, 1.165) is 48.4 Å². The van der Waals surface area contributed by atoms with Crippen LogP contribution in [0.25, 0.3) is 11.0 Å². The van der Waals surface area contributed by atoms with Crippen molar-refractivity contribution < 1.29 is 9.53 Å². The summed E-state index contributed by atoms with van der Waals surface area (Å²) in [5.41, 5.74) is 3.33. The zero-order chi connectivity index (χ0) is 22.3. The Morgan fingerprint density at radius 2 is 1.84 bits per heavy atom. The number of hydrogen-bond donors (Lipinski definition) is 1. The molecule has 1 aromatic heterocycles. The van der Waals surface area contributed by atoms with Crippen molar-refractivity contribution in [1.29, 1.82) is 0 Å². The number of carbonyl (C=O) groups is 1. The summed E-state index contributed by atoms with van der Waals surface area (Å²) in [7, 11) is 0. The SMILES string of the molecule is CC(C)c1ccccc1OCCn1c(CCNC(=O)C2CCCCC2)nc2ccccc21. The van der Waals surface area contributed by atoms with Crippen LogP contribution >= 0.6 is 0 Å². The predicted molar refractivity (Wildman–Crippen MR) is 129 cm³/mol. The molecule has 0 atom stereocenters. The third-order valence-electron chi connectivity index (χ3n) is 6.47. The minimum absolute atomic E-state index is 0.192. The van der Waals surface area contributed by atoms with Gasteiger partial charge in [0.25, 0.3) is 0 Å². The van der Waals surface area contributed by atoms with E-state index in [4.69, 9.17) is 9.72 Å². The summed E-state index contributed by atoms with van der Waals surface area (Å²) in [4.78, 5) is 17.4. The van der Waals surface area contributed by atoms with Gasteiger partial charge in [0.2, 0.25) is 5.91 Å². The molecule has 1 saturated carbocycles. The van der Waals surface area contributed by atoms with Gasteiger partial charge >= 0.3 is 0 Å². The highest BCUT2D eigenvalue weighted by atomic mass is 16.5. The minimum atomic E-state index is 0.192. The van der Waals surface area contributed by atoms with Gasteiger partial charge in [0.15, 0.2) is 0 Å². The van der Waals surface area contributed by atoms with E-state index in [1.165, 1.54) is 24.8 Å². The van der Waals surface area contributed by atoms with Crippen molar-refractivity contribution in [3.63, 3.8) is 0 Å². The number of amides is 1.